The molecule has 36 heavy (non-hydrogen) atoms. The van der Waals surface area contributed by atoms with Gasteiger partial charge in [0.05, 0.1) is 37.1 Å². The lowest BCUT2D eigenvalue weighted by molar-refractivity contribution is -0.172. The molecule has 2 aromatic heterocycles. The van der Waals surface area contributed by atoms with Gasteiger partial charge in [-0.2, -0.15) is 0 Å². The summed E-state index contributed by atoms with van der Waals surface area (Å²) in [6, 6.07) is 8.60. The van der Waals surface area contributed by atoms with Crippen LogP contribution in [0.15, 0.2) is 29.1 Å². The van der Waals surface area contributed by atoms with E-state index in [-0.39, 0.29) is 30.7 Å². The van der Waals surface area contributed by atoms with E-state index < -0.39 is 25.6 Å². The van der Waals surface area contributed by atoms with Gasteiger partial charge < -0.3 is 19.1 Å². The number of aromatic nitrogens is 2. The van der Waals surface area contributed by atoms with Gasteiger partial charge in [0.2, 0.25) is 0 Å². The molecule has 188 valence electrons. The lowest BCUT2D eigenvalue weighted by Gasteiger charge is -2.31. The molecule has 0 spiro atoms. The van der Waals surface area contributed by atoms with Gasteiger partial charge in [0.15, 0.2) is 5.60 Å². The SMILES string of the molecule is CCC[Si](C)(C)c1ccc(OC(C)=O)c2cc3c(nc12)-c1cc2c(c(=O)n1C3)COC(=O)C2(O)CC. The number of esters is 2. The van der Waals surface area contributed by atoms with Crippen molar-refractivity contribution in [2.24, 2.45) is 0 Å². The zero-order chi connectivity index (χ0) is 26.0. The summed E-state index contributed by atoms with van der Waals surface area (Å²) < 4.78 is 12.3. The van der Waals surface area contributed by atoms with E-state index in [0.29, 0.717) is 22.7 Å². The molecule has 1 unspecified atom stereocenters. The molecule has 1 atom stereocenters. The third-order valence-electron chi connectivity index (χ3n) is 7.50. The quantitative estimate of drug-likeness (QED) is 0.251. The number of benzene rings is 1. The Morgan fingerprint density at radius 3 is 2.67 bits per heavy atom. The summed E-state index contributed by atoms with van der Waals surface area (Å²) in [5.74, 6) is -0.711. The van der Waals surface area contributed by atoms with Crippen molar-refractivity contribution >= 4 is 36.1 Å². The van der Waals surface area contributed by atoms with Crippen LogP contribution in [0.5, 0.6) is 5.75 Å². The van der Waals surface area contributed by atoms with Crippen LogP contribution in [0.3, 0.4) is 0 Å². The number of nitrogens with zero attached hydrogens (tertiary/aromatic N) is 2. The molecule has 0 saturated carbocycles. The fraction of sp³-hybridized carbons (Fsp3) is 0.407. The van der Waals surface area contributed by atoms with Crippen LogP contribution in [0, 0.1) is 0 Å². The second-order valence-electron chi connectivity index (χ2n) is 10.3. The molecule has 2 aliphatic rings. The highest BCUT2D eigenvalue weighted by Gasteiger charge is 2.45. The van der Waals surface area contributed by atoms with Gasteiger partial charge >= 0.3 is 11.9 Å². The Bertz CT molecular complexity index is 1510. The molecule has 0 bridgehead atoms. The van der Waals surface area contributed by atoms with Gasteiger partial charge in [0.25, 0.3) is 5.56 Å². The maximum atomic E-state index is 13.5. The van der Waals surface area contributed by atoms with E-state index in [1.807, 2.05) is 18.2 Å². The van der Waals surface area contributed by atoms with Gasteiger partial charge in [-0.1, -0.05) is 45.5 Å². The minimum Gasteiger partial charge on any atom is -0.458 e. The first-order chi connectivity index (χ1) is 17.0. The molecular weight excluding hydrogens is 476 g/mol. The normalized spacial score (nSPS) is 18.4. The summed E-state index contributed by atoms with van der Waals surface area (Å²) >= 11 is 0. The van der Waals surface area contributed by atoms with Gasteiger partial charge in [-0.05, 0) is 29.8 Å². The van der Waals surface area contributed by atoms with Crippen LogP contribution in [0.4, 0.5) is 0 Å². The zero-order valence-electron chi connectivity index (χ0n) is 21.2. The molecule has 0 amide bonds. The van der Waals surface area contributed by atoms with E-state index in [2.05, 4.69) is 20.0 Å². The number of rotatable bonds is 5. The first kappa shape index (κ1) is 24.4. The van der Waals surface area contributed by atoms with Crippen LogP contribution >= 0.6 is 0 Å². The Morgan fingerprint density at radius 1 is 1.25 bits per heavy atom. The smallest absolute Gasteiger partial charge is 0.343 e. The molecule has 0 saturated heterocycles. The number of hydrogen-bond donors (Lipinski definition) is 1. The summed E-state index contributed by atoms with van der Waals surface area (Å²) in [4.78, 5) is 42.8. The maximum absolute atomic E-state index is 13.5. The number of hydrogen-bond acceptors (Lipinski definition) is 7. The van der Waals surface area contributed by atoms with Crippen molar-refractivity contribution in [1.29, 1.82) is 0 Å². The number of fused-ring (bicyclic) bond motifs is 5. The first-order valence-corrected chi connectivity index (χ1v) is 15.5. The number of carbonyl (C=O) groups is 2. The molecule has 5 rings (SSSR count). The predicted octanol–water partition coefficient (Wildman–Crippen LogP) is 3.33. The molecule has 4 heterocycles. The summed E-state index contributed by atoms with van der Waals surface area (Å²) in [5, 5.41) is 13.0. The van der Waals surface area contributed by atoms with E-state index in [9.17, 15) is 19.5 Å². The molecule has 0 fully saturated rings. The predicted molar refractivity (Wildman–Crippen MR) is 138 cm³/mol. The van der Waals surface area contributed by atoms with Crippen molar-refractivity contribution in [2.45, 2.75) is 71.5 Å². The van der Waals surface area contributed by atoms with Crippen LogP contribution in [0.2, 0.25) is 19.1 Å². The lowest BCUT2D eigenvalue weighted by atomic mass is 9.86. The van der Waals surface area contributed by atoms with Gasteiger partial charge in [-0.25, -0.2) is 9.78 Å². The number of pyridine rings is 2. The van der Waals surface area contributed by atoms with Crippen LogP contribution in [0.25, 0.3) is 22.3 Å². The number of cyclic esters (lactones) is 1. The van der Waals surface area contributed by atoms with Crippen LogP contribution in [0.1, 0.15) is 50.3 Å². The Morgan fingerprint density at radius 2 is 2.00 bits per heavy atom. The largest absolute Gasteiger partial charge is 0.458 e. The van der Waals surface area contributed by atoms with E-state index in [0.717, 1.165) is 34.1 Å². The fourth-order valence-corrected chi connectivity index (χ4v) is 8.48. The first-order valence-electron chi connectivity index (χ1n) is 12.3. The topological polar surface area (TPSA) is 108 Å². The van der Waals surface area contributed by atoms with Crippen LogP contribution in [-0.4, -0.2) is 34.7 Å². The molecule has 0 aliphatic carbocycles. The standard InChI is InChI=1S/C27H30N2O6Si/c1-6-10-36(4,5)22-9-8-21(35-15(3)30)17-11-16-13-29-20(23(16)28-24(17)22)12-19-18(25(29)31)14-34-26(32)27(19,33)7-2/h8-9,11-12,33H,6-7,10,13-14H2,1-5H3. The summed E-state index contributed by atoms with van der Waals surface area (Å²) in [6.45, 7) is 9.94. The van der Waals surface area contributed by atoms with Crippen molar-refractivity contribution in [3.63, 3.8) is 0 Å². The summed E-state index contributed by atoms with van der Waals surface area (Å²) in [6.07, 6.45) is 1.14. The molecule has 9 heteroatoms. The van der Waals surface area contributed by atoms with Crippen molar-refractivity contribution in [3.8, 4) is 17.1 Å². The zero-order valence-corrected chi connectivity index (χ0v) is 22.2. The fourth-order valence-electron chi connectivity index (χ4n) is 5.59. The minimum absolute atomic E-state index is 0.0897. The second kappa shape index (κ2) is 8.38. The van der Waals surface area contributed by atoms with Gasteiger partial charge in [-0.3, -0.25) is 9.59 Å². The average Bonchev–Trinajstić information content (AvgIpc) is 3.18. The molecule has 3 aromatic rings. The number of ether oxygens (including phenoxy) is 2. The highest BCUT2D eigenvalue weighted by atomic mass is 28.3. The monoisotopic (exact) mass is 506 g/mol. The Kier molecular flexibility index (Phi) is 5.68. The highest BCUT2D eigenvalue weighted by Crippen LogP contribution is 2.39. The Hall–Kier alpha value is -3.30. The molecule has 1 N–H and O–H groups in total. The lowest BCUT2D eigenvalue weighted by Crippen LogP contribution is -2.44. The summed E-state index contributed by atoms with van der Waals surface area (Å²) in [5.41, 5.74) is 1.20. The van der Waals surface area contributed by atoms with E-state index >= 15 is 0 Å². The number of aliphatic hydroxyl groups is 1. The van der Waals surface area contributed by atoms with E-state index in [1.165, 1.54) is 6.92 Å². The van der Waals surface area contributed by atoms with Crippen LogP contribution in [-0.2, 0) is 33.1 Å². The number of carbonyl (C=O) groups excluding carboxylic acids is 2. The van der Waals surface area contributed by atoms with Gasteiger partial charge in [-0.15, -0.1) is 0 Å². The average molecular weight is 507 g/mol. The van der Waals surface area contributed by atoms with Crippen molar-refractivity contribution in [3.05, 3.63) is 51.3 Å². The third-order valence-corrected chi connectivity index (χ3v) is 11.1. The summed E-state index contributed by atoms with van der Waals surface area (Å²) in [7, 11) is -1.88. The maximum Gasteiger partial charge on any atom is 0.343 e. The van der Waals surface area contributed by atoms with E-state index in [1.54, 1.807) is 17.6 Å². The van der Waals surface area contributed by atoms with Gasteiger partial charge in [0.1, 0.15) is 12.4 Å². The van der Waals surface area contributed by atoms with Crippen molar-refractivity contribution < 1.29 is 24.2 Å². The molecule has 2 aliphatic heterocycles. The molecule has 0 radical (unpaired) electrons. The van der Waals surface area contributed by atoms with Crippen LogP contribution < -0.4 is 15.5 Å². The molecular formula is C27H30N2O6Si. The van der Waals surface area contributed by atoms with E-state index in [4.69, 9.17) is 14.5 Å². The Labute approximate surface area is 209 Å². The molecule has 1 aromatic carbocycles. The highest BCUT2D eigenvalue weighted by molar-refractivity contribution is 6.91. The van der Waals surface area contributed by atoms with Crippen molar-refractivity contribution in [2.75, 3.05) is 0 Å². The minimum atomic E-state index is -1.88. The van der Waals surface area contributed by atoms with Crippen molar-refractivity contribution in [1.82, 2.24) is 9.55 Å². The van der Waals surface area contributed by atoms with Gasteiger partial charge in [0, 0.05) is 23.4 Å². The third kappa shape index (κ3) is 3.52. The molecule has 8 nitrogen and oxygen atoms in total. The Balaban J connectivity index is 1.80. The second-order valence-corrected chi connectivity index (χ2v) is 15.1.